The summed E-state index contributed by atoms with van der Waals surface area (Å²) in [4.78, 5) is 0. The molecule has 0 aromatic heterocycles. The van der Waals surface area contributed by atoms with Crippen molar-refractivity contribution in [3.05, 3.63) is 0 Å². The Morgan fingerprint density at radius 2 is 1.67 bits per heavy atom. The molecule has 0 bridgehead atoms. The second-order valence-corrected chi connectivity index (χ2v) is 5.39. The van der Waals surface area contributed by atoms with Gasteiger partial charge in [0.15, 0.2) is 0 Å². The van der Waals surface area contributed by atoms with Gasteiger partial charge in [-0.05, 0) is 37.6 Å². The first kappa shape index (κ1) is 11.4. The van der Waals surface area contributed by atoms with Gasteiger partial charge in [0.05, 0.1) is 6.17 Å². The Morgan fingerprint density at radius 3 is 2.47 bits per heavy atom. The highest BCUT2D eigenvalue weighted by atomic mass is 15.0. The van der Waals surface area contributed by atoms with Crippen molar-refractivity contribution in [2.75, 3.05) is 6.54 Å². The molecule has 1 saturated heterocycles. The predicted molar refractivity (Wildman–Crippen MR) is 62.5 cm³/mol. The van der Waals surface area contributed by atoms with Crippen molar-refractivity contribution >= 4 is 0 Å². The van der Waals surface area contributed by atoms with Crippen LogP contribution in [0, 0.1) is 11.8 Å². The standard InChI is InChI=1S/C13H24N2/c14-13-12(8-4-5-9-15-13)10-11-6-2-1-3-7-11/h11-13,15H,1-10H2. The Kier molecular flexibility index (Phi) is 4.45. The van der Waals surface area contributed by atoms with Crippen LogP contribution in [0.15, 0.2) is 0 Å². The Labute approximate surface area is 94.0 Å². The van der Waals surface area contributed by atoms with Crippen LogP contribution in [-0.4, -0.2) is 12.7 Å². The number of hydrogen-bond acceptors (Lipinski definition) is 1. The molecule has 2 nitrogen and oxygen atoms in total. The van der Waals surface area contributed by atoms with Crippen LogP contribution in [0.25, 0.3) is 0 Å². The highest BCUT2D eigenvalue weighted by Gasteiger charge is 2.25. The van der Waals surface area contributed by atoms with Crippen molar-refractivity contribution in [2.24, 2.45) is 11.8 Å². The third-order valence-electron chi connectivity index (χ3n) is 4.16. The smallest absolute Gasteiger partial charge is 0.0954 e. The summed E-state index contributed by atoms with van der Waals surface area (Å²) in [5.74, 6) is 1.42. The van der Waals surface area contributed by atoms with Gasteiger partial charge in [-0.2, -0.15) is 0 Å². The molecule has 0 aromatic rings. The Bertz CT molecular complexity index is 175. The van der Waals surface area contributed by atoms with Gasteiger partial charge >= 0.3 is 0 Å². The van der Waals surface area contributed by atoms with Gasteiger partial charge in [-0.15, -0.1) is 5.73 Å². The van der Waals surface area contributed by atoms with Crippen LogP contribution < -0.4 is 11.1 Å². The molecule has 2 heteroatoms. The maximum Gasteiger partial charge on any atom is 0.0954 e. The van der Waals surface area contributed by atoms with E-state index in [0.717, 1.165) is 12.5 Å². The van der Waals surface area contributed by atoms with Crippen LogP contribution in [0.5, 0.6) is 0 Å². The van der Waals surface area contributed by atoms with Crippen LogP contribution in [0.1, 0.15) is 57.8 Å². The maximum absolute atomic E-state index is 9.97. The highest BCUT2D eigenvalue weighted by molar-refractivity contribution is 4.78. The average molecular weight is 208 g/mol. The lowest BCUT2D eigenvalue weighted by atomic mass is 9.81. The zero-order valence-electron chi connectivity index (χ0n) is 9.75. The highest BCUT2D eigenvalue weighted by Crippen LogP contribution is 2.32. The molecule has 86 valence electrons. The van der Waals surface area contributed by atoms with Crippen molar-refractivity contribution < 1.29 is 0 Å². The molecule has 1 saturated carbocycles. The summed E-state index contributed by atoms with van der Waals surface area (Å²) >= 11 is 0. The van der Waals surface area contributed by atoms with Crippen LogP contribution in [0.3, 0.4) is 0 Å². The third-order valence-corrected chi connectivity index (χ3v) is 4.16. The maximum atomic E-state index is 9.97. The van der Waals surface area contributed by atoms with Crippen molar-refractivity contribution in [1.82, 2.24) is 11.1 Å². The van der Waals surface area contributed by atoms with E-state index in [1.165, 1.54) is 57.8 Å². The summed E-state index contributed by atoms with van der Waals surface area (Å²) in [6.07, 6.45) is 11.9. The zero-order valence-corrected chi connectivity index (χ0v) is 9.75. The number of nitrogens with zero attached hydrogens (tertiary/aromatic N) is 1. The molecule has 1 N–H and O–H groups in total. The van der Waals surface area contributed by atoms with E-state index in [1.807, 2.05) is 0 Å². The minimum atomic E-state index is -0.227. The summed E-state index contributed by atoms with van der Waals surface area (Å²) in [6.45, 7) is 1.00. The van der Waals surface area contributed by atoms with Gasteiger partial charge in [-0.3, -0.25) is 5.32 Å². The fourth-order valence-electron chi connectivity index (χ4n) is 3.20. The molecule has 2 aliphatic rings. The van der Waals surface area contributed by atoms with Gasteiger partial charge in [0.1, 0.15) is 0 Å². The summed E-state index contributed by atoms with van der Waals surface area (Å²) in [7, 11) is 0. The molecule has 2 radical (unpaired) electrons. The molecule has 1 aliphatic carbocycles. The number of nitrogens with one attached hydrogen (secondary N) is 1. The molecule has 2 atom stereocenters. The van der Waals surface area contributed by atoms with Gasteiger partial charge in [0.2, 0.25) is 0 Å². The van der Waals surface area contributed by atoms with Crippen LogP contribution in [0.4, 0.5) is 0 Å². The van der Waals surface area contributed by atoms with Gasteiger partial charge in [0, 0.05) is 0 Å². The fraction of sp³-hybridized carbons (Fsp3) is 1.00. The van der Waals surface area contributed by atoms with Gasteiger partial charge < -0.3 is 0 Å². The first-order valence-electron chi connectivity index (χ1n) is 6.78. The summed E-state index contributed by atoms with van der Waals surface area (Å²) < 4.78 is 0. The number of rotatable bonds is 2. The lowest BCUT2D eigenvalue weighted by Crippen LogP contribution is -2.37. The van der Waals surface area contributed by atoms with Crippen LogP contribution >= 0.6 is 0 Å². The van der Waals surface area contributed by atoms with Crippen molar-refractivity contribution in [2.45, 2.75) is 64.0 Å². The van der Waals surface area contributed by atoms with E-state index in [0.29, 0.717) is 5.92 Å². The van der Waals surface area contributed by atoms with E-state index >= 15 is 0 Å². The molecule has 2 rings (SSSR count). The van der Waals surface area contributed by atoms with Gasteiger partial charge in [-0.1, -0.05) is 38.5 Å². The first-order chi connectivity index (χ1) is 7.36. The SMILES string of the molecule is [N]C1NCCCCC1CC1CCCCC1. The molecular weight excluding hydrogens is 184 g/mol. The summed E-state index contributed by atoms with van der Waals surface area (Å²) in [5, 5.41) is 3.24. The Balaban J connectivity index is 1.79. The minimum absolute atomic E-state index is 0.227. The fourth-order valence-corrected chi connectivity index (χ4v) is 3.20. The van der Waals surface area contributed by atoms with E-state index in [9.17, 15) is 5.73 Å². The summed E-state index contributed by atoms with van der Waals surface area (Å²) in [5.41, 5.74) is 9.97. The van der Waals surface area contributed by atoms with Crippen LogP contribution in [-0.2, 0) is 0 Å². The quantitative estimate of drug-likeness (QED) is 0.744. The zero-order chi connectivity index (χ0) is 10.5. The number of hydrogen-bond donors (Lipinski definition) is 1. The lowest BCUT2D eigenvalue weighted by Gasteiger charge is -2.28. The molecule has 0 aromatic carbocycles. The molecule has 15 heavy (non-hydrogen) atoms. The van der Waals surface area contributed by atoms with E-state index in [2.05, 4.69) is 5.32 Å². The van der Waals surface area contributed by atoms with E-state index in [-0.39, 0.29) is 6.17 Å². The second-order valence-electron chi connectivity index (χ2n) is 5.39. The minimum Gasteiger partial charge on any atom is -0.299 e. The molecular formula is C13H24N2. The van der Waals surface area contributed by atoms with E-state index in [4.69, 9.17) is 0 Å². The third kappa shape index (κ3) is 3.46. The average Bonchev–Trinajstić information content (AvgIpc) is 2.46. The van der Waals surface area contributed by atoms with Crippen molar-refractivity contribution in [3.63, 3.8) is 0 Å². The second kappa shape index (κ2) is 5.86. The van der Waals surface area contributed by atoms with E-state index in [1.54, 1.807) is 0 Å². The van der Waals surface area contributed by atoms with Crippen LogP contribution in [0.2, 0.25) is 0 Å². The molecule has 2 fully saturated rings. The molecule has 0 amide bonds. The predicted octanol–water partition coefficient (Wildman–Crippen LogP) is 2.74. The van der Waals surface area contributed by atoms with Gasteiger partial charge in [0.25, 0.3) is 0 Å². The molecule has 1 heterocycles. The first-order valence-corrected chi connectivity index (χ1v) is 6.78. The van der Waals surface area contributed by atoms with Crippen molar-refractivity contribution in [3.8, 4) is 0 Å². The normalized spacial score (nSPS) is 35.0. The lowest BCUT2D eigenvalue weighted by molar-refractivity contribution is 0.242. The summed E-state index contributed by atoms with van der Waals surface area (Å²) in [6, 6.07) is 0. The van der Waals surface area contributed by atoms with Crippen molar-refractivity contribution in [1.29, 1.82) is 0 Å². The van der Waals surface area contributed by atoms with E-state index < -0.39 is 0 Å². The van der Waals surface area contributed by atoms with Gasteiger partial charge in [-0.25, -0.2) is 0 Å². The largest absolute Gasteiger partial charge is 0.299 e. The topological polar surface area (TPSA) is 34.3 Å². The molecule has 0 spiro atoms. The Morgan fingerprint density at radius 1 is 0.933 bits per heavy atom. The molecule has 1 aliphatic heterocycles. The monoisotopic (exact) mass is 208 g/mol. The Hall–Kier alpha value is -0.0800. The molecule has 2 unspecified atom stereocenters.